The third kappa shape index (κ3) is 5.14. The number of carbonyl (C=O) groups is 1. The van der Waals surface area contributed by atoms with Crippen LogP contribution in [-0.2, 0) is 0 Å². The van der Waals surface area contributed by atoms with Gasteiger partial charge in [0.25, 0.3) is 0 Å². The maximum atomic E-state index is 15.5. The van der Waals surface area contributed by atoms with Gasteiger partial charge in [0.1, 0.15) is 11.3 Å². The maximum absolute atomic E-state index is 15.5. The highest BCUT2D eigenvalue weighted by Crippen LogP contribution is 2.43. The van der Waals surface area contributed by atoms with Crippen molar-refractivity contribution in [3.63, 3.8) is 0 Å². The topological polar surface area (TPSA) is 112 Å². The molecule has 1 fully saturated rings. The Morgan fingerprint density at radius 1 is 1.33 bits per heavy atom. The number of carboxylic acids is 1. The molecule has 8 nitrogen and oxygen atoms in total. The van der Waals surface area contributed by atoms with E-state index in [-0.39, 0.29) is 28.8 Å². The van der Waals surface area contributed by atoms with Crippen molar-refractivity contribution in [3.8, 4) is 5.75 Å². The number of aromatic carboxylic acids is 1. The van der Waals surface area contributed by atoms with Gasteiger partial charge in [0.15, 0.2) is 11.6 Å². The highest BCUT2D eigenvalue weighted by molar-refractivity contribution is 5.97. The number of halogens is 1. The zero-order valence-electron chi connectivity index (χ0n) is 19.5. The van der Waals surface area contributed by atoms with E-state index in [1.165, 1.54) is 20.2 Å². The third-order valence-corrected chi connectivity index (χ3v) is 6.12. The van der Waals surface area contributed by atoms with Crippen molar-refractivity contribution in [2.75, 3.05) is 25.1 Å². The molecule has 9 heteroatoms. The van der Waals surface area contributed by atoms with Gasteiger partial charge in [0.05, 0.1) is 30.2 Å². The quantitative estimate of drug-likeness (QED) is 0.468. The van der Waals surface area contributed by atoms with Crippen molar-refractivity contribution >= 4 is 22.6 Å². The van der Waals surface area contributed by atoms with Crippen molar-refractivity contribution in [3.05, 3.63) is 33.9 Å². The number of methoxy groups -OCH3 is 1. The number of fused-ring (bicyclic) bond motifs is 1. The van der Waals surface area contributed by atoms with Crippen LogP contribution < -0.4 is 15.1 Å². The summed E-state index contributed by atoms with van der Waals surface area (Å²) in [6.45, 7) is 6.31. The molecule has 3 unspecified atom stereocenters. The van der Waals surface area contributed by atoms with Gasteiger partial charge in [0.2, 0.25) is 5.43 Å². The number of nitrogens with zero attached hydrogens (tertiary/aromatic N) is 2. The SMILES string of the molecule is CCCN(CC(C)CC(O)C(C)O)c1c(F)cc2c(=O)c(C(=O)O)cn(C3CC3)c2c1OC. The number of ether oxygens (including phenoxy) is 1. The predicted octanol–water partition coefficient (Wildman–Crippen LogP) is 3.17. The summed E-state index contributed by atoms with van der Waals surface area (Å²) in [5.74, 6) is -1.89. The number of carboxylic acid groups (broad SMARTS) is 1. The van der Waals surface area contributed by atoms with Crippen LogP contribution in [0.1, 0.15) is 62.9 Å². The molecule has 3 rings (SSSR count). The number of hydrogen-bond donors (Lipinski definition) is 3. The smallest absolute Gasteiger partial charge is 0.341 e. The summed E-state index contributed by atoms with van der Waals surface area (Å²) in [6, 6.07) is 1.14. The standard InChI is InChI=1S/C24H33FN2O6/c1-5-8-26(11-13(2)9-19(29)14(3)28)21-18(25)10-16-20(23(21)33-4)27(15-6-7-15)12-17(22(16)30)24(31)32/h10,12-15,19,28-29H,5-9,11H2,1-4H3,(H,31,32). The molecule has 0 radical (unpaired) electrons. The van der Waals surface area contributed by atoms with Crippen LogP contribution in [0.5, 0.6) is 5.75 Å². The van der Waals surface area contributed by atoms with E-state index in [1.807, 2.05) is 18.7 Å². The van der Waals surface area contributed by atoms with E-state index in [9.17, 15) is 24.9 Å². The molecular formula is C24H33FN2O6. The van der Waals surface area contributed by atoms with E-state index >= 15 is 4.39 Å². The molecule has 182 valence electrons. The minimum atomic E-state index is -1.35. The number of anilines is 1. The number of rotatable bonds is 11. The number of pyridine rings is 1. The van der Waals surface area contributed by atoms with Gasteiger partial charge >= 0.3 is 5.97 Å². The Morgan fingerprint density at radius 2 is 2.00 bits per heavy atom. The van der Waals surface area contributed by atoms with Gasteiger partial charge in [-0.25, -0.2) is 9.18 Å². The van der Waals surface area contributed by atoms with Crippen LogP contribution in [0.2, 0.25) is 0 Å². The Hall–Kier alpha value is -2.65. The molecule has 2 aromatic rings. The van der Waals surface area contributed by atoms with Gasteiger partial charge in [-0.15, -0.1) is 0 Å². The fourth-order valence-electron chi connectivity index (χ4n) is 4.35. The average Bonchev–Trinajstić information content (AvgIpc) is 3.58. The lowest BCUT2D eigenvalue weighted by atomic mass is 9.99. The summed E-state index contributed by atoms with van der Waals surface area (Å²) in [7, 11) is 1.41. The Kier molecular flexibility index (Phi) is 7.64. The molecule has 0 spiro atoms. The van der Waals surface area contributed by atoms with Gasteiger partial charge in [-0.1, -0.05) is 13.8 Å². The molecule has 0 saturated heterocycles. The summed E-state index contributed by atoms with van der Waals surface area (Å²) in [5.41, 5.74) is -0.533. The van der Waals surface area contributed by atoms with Gasteiger partial charge < -0.3 is 29.5 Å². The maximum Gasteiger partial charge on any atom is 0.341 e. The van der Waals surface area contributed by atoms with Crippen molar-refractivity contribution in [2.45, 2.75) is 64.7 Å². The van der Waals surface area contributed by atoms with Crippen molar-refractivity contribution in [2.24, 2.45) is 5.92 Å². The number of aromatic nitrogens is 1. The largest absolute Gasteiger partial charge is 0.492 e. The van der Waals surface area contributed by atoms with Crippen LogP contribution in [0.25, 0.3) is 10.9 Å². The van der Waals surface area contributed by atoms with Gasteiger partial charge in [0, 0.05) is 25.3 Å². The number of aliphatic hydroxyl groups excluding tert-OH is 2. The van der Waals surface area contributed by atoms with Crippen molar-refractivity contribution in [1.29, 1.82) is 0 Å². The normalized spacial score (nSPS) is 16.5. The first-order chi connectivity index (χ1) is 15.6. The van der Waals surface area contributed by atoms with E-state index in [0.717, 1.165) is 25.3 Å². The second-order valence-electron chi connectivity index (χ2n) is 9.05. The molecule has 1 aliphatic carbocycles. The Balaban J connectivity index is 2.18. The number of benzene rings is 1. The van der Waals surface area contributed by atoms with Crippen molar-refractivity contribution < 1.29 is 29.2 Å². The van der Waals surface area contributed by atoms with E-state index < -0.39 is 35.0 Å². The second kappa shape index (κ2) is 10.1. The first-order valence-corrected chi connectivity index (χ1v) is 11.4. The van der Waals surface area contributed by atoms with E-state index in [2.05, 4.69) is 0 Å². The molecule has 1 aliphatic rings. The summed E-state index contributed by atoms with van der Waals surface area (Å²) in [4.78, 5) is 26.3. The molecule has 0 amide bonds. The minimum absolute atomic E-state index is 0.0195. The molecule has 1 aromatic heterocycles. The zero-order valence-corrected chi connectivity index (χ0v) is 19.5. The minimum Gasteiger partial charge on any atom is -0.492 e. The fourth-order valence-corrected chi connectivity index (χ4v) is 4.35. The molecule has 1 heterocycles. The second-order valence-corrected chi connectivity index (χ2v) is 9.05. The Morgan fingerprint density at radius 3 is 2.52 bits per heavy atom. The highest BCUT2D eigenvalue weighted by Gasteiger charge is 2.31. The number of hydrogen-bond acceptors (Lipinski definition) is 6. The van der Waals surface area contributed by atoms with Crippen LogP contribution in [0.15, 0.2) is 17.1 Å². The van der Waals surface area contributed by atoms with E-state index in [1.54, 1.807) is 4.57 Å². The first kappa shape index (κ1) is 25.0. The fraction of sp³-hybridized carbons (Fsp3) is 0.583. The third-order valence-electron chi connectivity index (χ3n) is 6.12. The highest BCUT2D eigenvalue weighted by atomic mass is 19.1. The lowest BCUT2D eigenvalue weighted by Crippen LogP contribution is -2.34. The predicted molar refractivity (Wildman–Crippen MR) is 124 cm³/mol. The lowest BCUT2D eigenvalue weighted by molar-refractivity contribution is 0.0179. The molecule has 33 heavy (non-hydrogen) atoms. The molecule has 0 aliphatic heterocycles. The van der Waals surface area contributed by atoms with E-state index in [4.69, 9.17) is 4.74 Å². The van der Waals surface area contributed by atoms with Crippen LogP contribution in [0.4, 0.5) is 10.1 Å². The van der Waals surface area contributed by atoms with Crippen LogP contribution in [-0.4, -0.2) is 58.3 Å². The molecule has 3 N–H and O–H groups in total. The van der Waals surface area contributed by atoms with Gasteiger partial charge in [-0.3, -0.25) is 4.79 Å². The molecular weight excluding hydrogens is 431 g/mol. The average molecular weight is 465 g/mol. The number of aliphatic hydroxyl groups is 2. The zero-order chi connectivity index (χ0) is 24.4. The molecule has 0 bridgehead atoms. The van der Waals surface area contributed by atoms with E-state index in [0.29, 0.717) is 25.0 Å². The molecule has 1 saturated carbocycles. The van der Waals surface area contributed by atoms with Crippen LogP contribution in [0.3, 0.4) is 0 Å². The van der Waals surface area contributed by atoms with Gasteiger partial charge in [-0.05, 0) is 44.6 Å². The summed E-state index contributed by atoms with van der Waals surface area (Å²) in [5, 5.41) is 29.2. The summed E-state index contributed by atoms with van der Waals surface area (Å²) < 4.78 is 22.9. The Bertz CT molecular complexity index is 1080. The first-order valence-electron chi connectivity index (χ1n) is 11.4. The van der Waals surface area contributed by atoms with Crippen LogP contribution in [0, 0.1) is 11.7 Å². The molecule has 1 aromatic carbocycles. The summed E-state index contributed by atoms with van der Waals surface area (Å²) >= 11 is 0. The van der Waals surface area contributed by atoms with Gasteiger partial charge in [-0.2, -0.15) is 0 Å². The Labute approximate surface area is 192 Å². The summed E-state index contributed by atoms with van der Waals surface area (Å²) in [6.07, 6.45) is 2.31. The van der Waals surface area contributed by atoms with Crippen LogP contribution >= 0.6 is 0 Å². The molecule has 3 atom stereocenters. The lowest BCUT2D eigenvalue weighted by Gasteiger charge is -2.31. The monoisotopic (exact) mass is 464 g/mol. The van der Waals surface area contributed by atoms with Crippen molar-refractivity contribution in [1.82, 2.24) is 4.57 Å².